The van der Waals surface area contributed by atoms with E-state index in [-0.39, 0.29) is 11.3 Å². The number of rotatable bonds is 1. The van der Waals surface area contributed by atoms with Crippen molar-refractivity contribution in [3.05, 3.63) is 0 Å². The van der Waals surface area contributed by atoms with Crippen molar-refractivity contribution in [2.45, 2.75) is 41.5 Å². The van der Waals surface area contributed by atoms with E-state index in [0.717, 1.165) is 18.8 Å². The SMILES string of the molecule is CC(C)=O.CCN.CCN=C(C)C.O. The van der Waals surface area contributed by atoms with Gasteiger partial charge in [-0.2, -0.15) is 0 Å². The van der Waals surface area contributed by atoms with Gasteiger partial charge in [-0.3, -0.25) is 4.99 Å². The Morgan fingerprint density at radius 2 is 1.36 bits per heavy atom. The molecule has 0 spiro atoms. The predicted molar refractivity (Wildman–Crippen MR) is 64.0 cm³/mol. The molecule has 14 heavy (non-hydrogen) atoms. The van der Waals surface area contributed by atoms with Gasteiger partial charge in [-0.1, -0.05) is 6.92 Å². The smallest absolute Gasteiger partial charge is 0.126 e. The largest absolute Gasteiger partial charge is 0.412 e. The number of nitrogens with zero attached hydrogens (tertiary/aromatic N) is 1. The molecule has 0 amide bonds. The first-order valence-corrected chi connectivity index (χ1v) is 4.57. The molecule has 0 aliphatic rings. The Labute approximate surface area is 87.9 Å². The van der Waals surface area contributed by atoms with E-state index in [0.29, 0.717) is 0 Å². The van der Waals surface area contributed by atoms with E-state index < -0.39 is 0 Å². The second-order valence-electron chi connectivity index (χ2n) is 2.74. The number of aliphatic imine (C=N–C) groups is 1. The van der Waals surface area contributed by atoms with Crippen LogP contribution in [0.1, 0.15) is 41.5 Å². The molecule has 0 bridgehead atoms. The van der Waals surface area contributed by atoms with Crippen LogP contribution in [0.4, 0.5) is 0 Å². The molecule has 0 aliphatic heterocycles. The first kappa shape index (κ1) is 23.2. The third-order valence-electron chi connectivity index (χ3n) is 0.474. The lowest BCUT2D eigenvalue weighted by molar-refractivity contribution is -0.114. The van der Waals surface area contributed by atoms with E-state index >= 15 is 0 Å². The lowest BCUT2D eigenvalue weighted by Gasteiger charge is -1.81. The quantitative estimate of drug-likeness (QED) is 0.654. The Morgan fingerprint density at radius 1 is 1.14 bits per heavy atom. The fourth-order valence-corrected chi connectivity index (χ4v) is 0.316. The molecule has 0 aromatic rings. The first-order chi connectivity index (χ1) is 5.92. The fourth-order valence-electron chi connectivity index (χ4n) is 0.316. The average Bonchev–Trinajstić information content (AvgIpc) is 1.86. The number of hydrogen-bond donors (Lipinski definition) is 1. The molecule has 88 valence electrons. The van der Waals surface area contributed by atoms with Gasteiger partial charge < -0.3 is 16.0 Å². The van der Waals surface area contributed by atoms with Crippen molar-refractivity contribution >= 4 is 11.5 Å². The number of carbonyl (C=O) groups excluding carboxylic acids is 1. The van der Waals surface area contributed by atoms with Gasteiger partial charge in [-0.25, -0.2) is 0 Å². The number of hydrogen-bond acceptors (Lipinski definition) is 3. The first-order valence-electron chi connectivity index (χ1n) is 4.57. The standard InChI is InChI=1S/C5H11N.C3H6O.C2H7N.H2O/c1-4-6-5(2)3;1-3(2)4;1-2-3;/h4H2,1-3H3;1-2H3;2-3H2,1H3;1H2. The van der Waals surface area contributed by atoms with E-state index in [9.17, 15) is 4.79 Å². The Morgan fingerprint density at radius 3 is 1.36 bits per heavy atom. The van der Waals surface area contributed by atoms with Crippen molar-refractivity contribution < 1.29 is 10.3 Å². The van der Waals surface area contributed by atoms with E-state index in [1.54, 1.807) is 0 Å². The van der Waals surface area contributed by atoms with Crippen LogP contribution in [0.15, 0.2) is 4.99 Å². The third-order valence-corrected chi connectivity index (χ3v) is 0.474. The second kappa shape index (κ2) is 22.8. The van der Waals surface area contributed by atoms with Crippen LogP contribution < -0.4 is 5.73 Å². The summed E-state index contributed by atoms with van der Waals surface area (Å²) in [5.41, 5.74) is 6.01. The maximum Gasteiger partial charge on any atom is 0.126 e. The van der Waals surface area contributed by atoms with Gasteiger partial charge in [-0.05, 0) is 41.2 Å². The minimum Gasteiger partial charge on any atom is -0.412 e. The summed E-state index contributed by atoms with van der Waals surface area (Å²) in [6.45, 7) is 12.7. The minimum atomic E-state index is 0. The van der Waals surface area contributed by atoms with Gasteiger partial charge in [0.25, 0.3) is 0 Å². The molecule has 0 aromatic carbocycles. The van der Waals surface area contributed by atoms with E-state index in [4.69, 9.17) is 5.73 Å². The number of carbonyl (C=O) groups is 1. The average molecular weight is 206 g/mol. The summed E-state index contributed by atoms with van der Waals surface area (Å²) in [6, 6.07) is 0. The lowest BCUT2D eigenvalue weighted by atomic mass is 10.5. The van der Waals surface area contributed by atoms with Crippen LogP contribution in [0, 0.1) is 0 Å². The summed E-state index contributed by atoms with van der Waals surface area (Å²) in [6.07, 6.45) is 0. The second-order valence-corrected chi connectivity index (χ2v) is 2.74. The maximum atomic E-state index is 9.44. The minimum absolute atomic E-state index is 0. The molecular weight excluding hydrogens is 180 g/mol. The van der Waals surface area contributed by atoms with Crippen molar-refractivity contribution in [2.24, 2.45) is 10.7 Å². The van der Waals surface area contributed by atoms with E-state index in [2.05, 4.69) is 4.99 Å². The highest BCUT2D eigenvalue weighted by molar-refractivity contribution is 5.78. The topological polar surface area (TPSA) is 87.0 Å². The van der Waals surface area contributed by atoms with Gasteiger partial charge in [0.05, 0.1) is 0 Å². The molecule has 4 heteroatoms. The zero-order valence-electron chi connectivity index (χ0n) is 10.3. The van der Waals surface area contributed by atoms with Crippen molar-refractivity contribution in [1.82, 2.24) is 0 Å². The Bertz CT molecular complexity index is 126. The normalized spacial score (nSPS) is 6.50. The number of nitrogens with two attached hydrogens (primary N) is 1. The molecule has 0 unspecified atom stereocenters. The molecule has 0 saturated heterocycles. The van der Waals surface area contributed by atoms with Gasteiger partial charge in [0, 0.05) is 12.3 Å². The van der Waals surface area contributed by atoms with Crippen LogP contribution >= 0.6 is 0 Å². The monoisotopic (exact) mass is 206 g/mol. The molecule has 4 N–H and O–H groups in total. The van der Waals surface area contributed by atoms with Crippen LogP contribution in [0.3, 0.4) is 0 Å². The van der Waals surface area contributed by atoms with Crippen molar-refractivity contribution in [2.75, 3.05) is 13.1 Å². The van der Waals surface area contributed by atoms with Crippen LogP contribution in [-0.2, 0) is 4.79 Å². The van der Waals surface area contributed by atoms with Crippen molar-refractivity contribution in [3.8, 4) is 0 Å². The number of Topliss-reactive ketones (excluding diaryl/α,β-unsaturated/α-hetero) is 1. The number of ketones is 1. The van der Waals surface area contributed by atoms with E-state index in [1.807, 2.05) is 27.7 Å². The molecular formula is C10H26N2O2. The Balaban J connectivity index is -0.0000000553. The molecule has 0 fully saturated rings. The van der Waals surface area contributed by atoms with Gasteiger partial charge in [-0.15, -0.1) is 0 Å². The molecule has 0 aromatic heterocycles. The zero-order valence-corrected chi connectivity index (χ0v) is 10.3. The summed E-state index contributed by atoms with van der Waals surface area (Å²) in [5, 5.41) is 0. The molecule has 0 atom stereocenters. The molecule has 0 radical (unpaired) electrons. The fraction of sp³-hybridized carbons (Fsp3) is 0.800. The molecule has 4 nitrogen and oxygen atoms in total. The highest BCUT2D eigenvalue weighted by atomic mass is 16.1. The van der Waals surface area contributed by atoms with Crippen LogP contribution in [0.5, 0.6) is 0 Å². The summed E-state index contributed by atoms with van der Waals surface area (Å²) < 4.78 is 0. The van der Waals surface area contributed by atoms with Crippen LogP contribution in [0.2, 0.25) is 0 Å². The predicted octanol–water partition coefficient (Wildman–Crippen LogP) is 1.22. The Hall–Kier alpha value is -0.740. The van der Waals surface area contributed by atoms with Crippen LogP contribution in [0.25, 0.3) is 0 Å². The lowest BCUT2D eigenvalue weighted by Crippen LogP contribution is -1.87. The zero-order chi connectivity index (χ0) is 11.3. The highest BCUT2D eigenvalue weighted by Gasteiger charge is 1.68. The van der Waals surface area contributed by atoms with Crippen LogP contribution in [-0.4, -0.2) is 30.1 Å². The molecule has 0 heterocycles. The van der Waals surface area contributed by atoms with Gasteiger partial charge in [0.15, 0.2) is 0 Å². The Kier molecular flexibility index (Phi) is 37.8. The summed E-state index contributed by atoms with van der Waals surface area (Å²) in [7, 11) is 0. The molecule has 0 rings (SSSR count). The summed E-state index contributed by atoms with van der Waals surface area (Å²) in [4.78, 5) is 13.5. The van der Waals surface area contributed by atoms with Gasteiger partial charge in [0.1, 0.15) is 5.78 Å². The van der Waals surface area contributed by atoms with Crippen molar-refractivity contribution in [3.63, 3.8) is 0 Å². The molecule has 0 saturated carbocycles. The molecule has 0 aliphatic carbocycles. The summed E-state index contributed by atoms with van der Waals surface area (Å²) >= 11 is 0. The van der Waals surface area contributed by atoms with Gasteiger partial charge >= 0.3 is 0 Å². The highest BCUT2D eigenvalue weighted by Crippen LogP contribution is 1.70. The van der Waals surface area contributed by atoms with Gasteiger partial charge in [0.2, 0.25) is 0 Å². The maximum absolute atomic E-state index is 9.44. The third kappa shape index (κ3) is 232. The van der Waals surface area contributed by atoms with E-state index in [1.165, 1.54) is 13.8 Å². The summed E-state index contributed by atoms with van der Waals surface area (Å²) in [5.74, 6) is 0.167. The van der Waals surface area contributed by atoms with Crippen molar-refractivity contribution in [1.29, 1.82) is 0 Å².